The molecule has 9 heteroatoms. The van der Waals surface area contributed by atoms with Crippen molar-refractivity contribution in [2.45, 2.75) is 4.90 Å². The summed E-state index contributed by atoms with van der Waals surface area (Å²) in [5.41, 5.74) is 1.93. The minimum atomic E-state index is -4.02. The van der Waals surface area contributed by atoms with Gasteiger partial charge in [-0.25, -0.2) is 21.8 Å². The monoisotopic (exact) mass is 394 g/mol. The molecular weight excluding hydrogens is 379 g/mol. The lowest BCUT2D eigenvalue weighted by atomic mass is 10.2. The third-order valence-corrected chi connectivity index (χ3v) is 6.23. The highest BCUT2D eigenvalue weighted by molar-refractivity contribution is 7.90. The Hall–Kier alpha value is -2.16. The van der Waals surface area contributed by atoms with Gasteiger partial charge in [0.05, 0.1) is 16.1 Å². The Kier molecular flexibility index (Phi) is 4.34. The lowest BCUT2D eigenvalue weighted by Crippen LogP contribution is -2.43. The van der Waals surface area contributed by atoms with Crippen molar-refractivity contribution >= 4 is 38.3 Å². The van der Waals surface area contributed by atoms with Crippen LogP contribution in [-0.4, -0.2) is 43.6 Å². The zero-order chi connectivity index (χ0) is 18.3. The molecule has 1 N–H and O–H groups in total. The van der Waals surface area contributed by atoms with Crippen LogP contribution in [0.3, 0.4) is 0 Å². The summed E-state index contributed by atoms with van der Waals surface area (Å²) < 4.78 is 40.7. The van der Waals surface area contributed by atoms with Crippen molar-refractivity contribution in [2.24, 2.45) is 0 Å². The van der Waals surface area contributed by atoms with Gasteiger partial charge in [0.25, 0.3) is 10.0 Å². The molecule has 0 bridgehead atoms. The van der Waals surface area contributed by atoms with Gasteiger partial charge >= 0.3 is 0 Å². The SMILES string of the molecule is O=S(=O)(c1cc(F)cc(Cl)c1)n1cnc2c(N3CCNCC3)cccc21. The van der Waals surface area contributed by atoms with E-state index in [1.165, 1.54) is 12.4 Å². The van der Waals surface area contributed by atoms with Crippen molar-refractivity contribution < 1.29 is 12.8 Å². The Balaban J connectivity index is 1.85. The van der Waals surface area contributed by atoms with E-state index in [1.807, 2.05) is 6.07 Å². The number of benzene rings is 2. The number of hydrogen-bond acceptors (Lipinski definition) is 5. The maximum Gasteiger partial charge on any atom is 0.269 e. The number of imidazole rings is 1. The molecule has 136 valence electrons. The quantitative estimate of drug-likeness (QED) is 0.739. The standard InChI is InChI=1S/C17H16ClFN4O2S/c18-12-8-13(19)10-14(9-12)26(24,25)23-11-21-17-15(2-1-3-16(17)23)22-6-4-20-5-7-22/h1-3,8-11,20H,4-7H2. The molecule has 0 amide bonds. The molecular formula is C17H16ClFN4O2S. The molecule has 1 fully saturated rings. The third-order valence-electron chi connectivity index (χ3n) is 4.37. The number of rotatable bonds is 3. The van der Waals surface area contributed by atoms with Gasteiger partial charge in [-0.2, -0.15) is 0 Å². The number of anilines is 1. The van der Waals surface area contributed by atoms with Crippen molar-refractivity contribution in [1.82, 2.24) is 14.3 Å². The molecule has 4 rings (SSSR count). The van der Waals surface area contributed by atoms with E-state index >= 15 is 0 Å². The fraction of sp³-hybridized carbons (Fsp3) is 0.235. The number of hydrogen-bond donors (Lipinski definition) is 1. The number of piperazine rings is 1. The van der Waals surface area contributed by atoms with Crippen molar-refractivity contribution in [3.63, 3.8) is 0 Å². The first kappa shape index (κ1) is 17.3. The van der Waals surface area contributed by atoms with E-state index in [9.17, 15) is 12.8 Å². The summed E-state index contributed by atoms with van der Waals surface area (Å²) in [7, 11) is -4.02. The number of halogens is 2. The molecule has 1 aromatic heterocycles. The molecule has 6 nitrogen and oxygen atoms in total. The highest BCUT2D eigenvalue weighted by atomic mass is 35.5. The number of nitrogens with one attached hydrogen (secondary N) is 1. The van der Waals surface area contributed by atoms with Crippen LogP contribution in [0.15, 0.2) is 47.6 Å². The lowest BCUT2D eigenvalue weighted by Gasteiger charge is -2.29. The van der Waals surface area contributed by atoms with Gasteiger partial charge in [-0.15, -0.1) is 0 Å². The van der Waals surface area contributed by atoms with Gasteiger partial charge in [0, 0.05) is 31.2 Å². The molecule has 0 aliphatic carbocycles. The van der Waals surface area contributed by atoms with E-state index in [0.717, 1.165) is 48.0 Å². The molecule has 1 aliphatic rings. The maximum absolute atomic E-state index is 13.6. The van der Waals surface area contributed by atoms with Crippen LogP contribution in [0.1, 0.15) is 0 Å². The Labute approximate surface area is 155 Å². The zero-order valence-electron chi connectivity index (χ0n) is 13.7. The molecule has 0 atom stereocenters. The number of para-hydroxylation sites is 1. The molecule has 1 aliphatic heterocycles. The van der Waals surface area contributed by atoms with Gasteiger partial charge in [-0.3, -0.25) is 0 Å². The second-order valence-corrected chi connectivity index (χ2v) is 8.28. The first-order chi connectivity index (χ1) is 12.5. The average molecular weight is 395 g/mol. The Morgan fingerprint density at radius 1 is 1.15 bits per heavy atom. The Morgan fingerprint density at radius 2 is 1.92 bits per heavy atom. The molecule has 2 heterocycles. The van der Waals surface area contributed by atoms with E-state index in [2.05, 4.69) is 15.2 Å². The van der Waals surface area contributed by atoms with E-state index in [0.29, 0.717) is 11.0 Å². The van der Waals surface area contributed by atoms with Crippen molar-refractivity contribution in [2.75, 3.05) is 31.1 Å². The minimum absolute atomic E-state index is 0.0227. The molecule has 26 heavy (non-hydrogen) atoms. The van der Waals surface area contributed by atoms with Crippen LogP contribution in [0, 0.1) is 5.82 Å². The summed E-state index contributed by atoms with van der Waals surface area (Å²) in [5.74, 6) is -0.706. The largest absolute Gasteiger partial charge is 0.367 e. The van der Waals surface area contributed by atoms with E-state index in [-0.39, 0.29) is 9.92 Å². The molecule has 0 spiro atoms. The molecule has 3 aromatic rings. The lowest BCUT2D eigenvalue weighted by molar-refractivity contribution is 0.584. The topological polar surface area (TPSA) is 67.2 Å². The highest BCUT2D eigenvalue weighted by Gasteiger charge is 2.23. The summed E-state index contributed by atoms with van der Waals surface area (Å²) in [6, 6.07) is 8.66. The summed E-state index contributed by atoms with van der Waals surface area (Å²) in [5, 5.41) is 3.31. The van der Waals surface area contributed by atoms with Gasteiger partial charge in [0.1, 0.15) is 17.7 Å². The van der Waals surface area contributed by atoms with Crippen molar-refractivity contribution in [1.29, 1.82) is 0 Å². The van der Waals surface area contributed by atoms with Crippen LogP contribution in [0.5, 0.6) is 0 Å². The minimum Gasteiger partial charge on any atom is -0.367 e. The second kappa shape index (κ2) is 6.53. The summed E-state index contributed by atoms with van der Waals surface area (Å²) in [4.78, 5) is 6.28. The van der Waals surface area contributed by atoms with E-state index < -0.39 is 15.8 Å². The van der Waals surface area contributed by atoms with Crippen LogP contribution in [-0.2, 0) is 10.0 Å². The van der Waals surface area contributed by atoms with Crippen LogP contribution in [0.25, 0.3) is 11.0 Å². The van der Waals surface area contributed by atoms with Gasteiger partial charge < -0.3 is 10.2 Å². The molecule has 2 aromatic carbocycles. The number of fused-ring (bicyclic) bond motifs is 1. The second-order valence-electron chi connectivity index (χ2n) is 6.03. The zero-order valence-corrected chi connectivity index (χ0v) is 15.3. The number of nitrogens with zero attached hydrogens (tertiary/aromatic N) is 3. The summed E-state index contributed by atoms with van der Waals surface area (Å²) in [6.45, 7) is 3.35. The molecule has 0 saturated carbocycles. The molecule has 0 unspecified atom stereocenters. The predicted molar refractivity (Wildman–Crippen MR) is 98.8 cm³/mol. The van der Waals surface area contributed by atoms with Gasteiger partial charge in [0.15, 0.2) is 0 Å². The van der Waals surface area contributed by atoms with E-state index in [1.54, 1.807) is 12.1 Å². The average Bonchev–Trinajstić information content (AvgIpc) is 3.06. The van der Waals surface area contributed by atoms with Crippen molar-refractivity contribution in [3.8, 4) is 0 Å². The predicted octanol–water partition coefficient (Wildman–Crippen LogP) is 2.48. The van der Waals surface area contributed by atoms with Crippen LogP contribution >= 0.6 is 11.6 Å². The Morgan fingerprint density at radius 3 is 2.65 bits per heavy atom. The van der Waals surface area contributed by atoms with E-state index in [4.69, 9.17) is 11.6 Å². The maximum atomic E-state index is 13.6. The fourth-order valence-electron chi connectivity index (χ4n) is 3.15. The van der Waals surface area contributed by atoms with Crippen molar-refractivity contribution in [3.05, 3.63) is 53.6 Å². The third kappa shape index (κ3) is 2.94. The number of aromatic nitrogens is 2. The Bertz CT molecular complexity index is 1060. The summed E-state index contributed by atoms with van der Waals surface area (Å²) in [6.07, 6.45) is 1.25. The first-order valence-electron chi connectivity index (χ1n) is 8.10. The molecule has 0 radical (unpaired) electrons. The highest BCUT2D eigenvalue weighted by Crippen LogP contribution is 2.29. The van der Waals surface area contributed by atoms with Gasteiger partial charge in [0.2, 0.25) is 0 Å². The molecule has 1 saturated heterocycles. The fourth-order valence-corrected chi connectivity index (χ4v) is 4.77. The van der Waals surface area contributed by atoms with Crippen LogP contribution in [0.4, 0.5) is 10.1 Å². The van der Waals surface area contributed by atoms with Gasteiger partial charge in [-0.1, -0.05) is 17.7 Å². The van der Waals surface area contributed by atoms with Crippen LogP contribution in [0.2, 0.25) is 5.02 Å². The summed E-state index contributed by atoms with van der Waals surface area (Å²) >= 11 is 5.82. The first-order valence-corrected chi connectivity index (χ1v) is 9.92. The smallest absolute Gasteiger partial charge is 0.269 e. The normalized spacial score (nSPS) is 15.5. The van der Waals surface area contributed by atoms with Gasteiger partial charge in [-0.05, 0) is 30.3 Å². The van der Waals surface area contributed by atoms with Crippen LogP contribution < -0.4 is 10.2 Å².